The third kappa shape index (κ3) is 8.72. The van der Waals surface area contributed by atoms with E-state index in [-0.39, 0.29) is 12.5 Å². The first-order valence-electron chi connectivity index (χ1n) is 8.22. The van der Waals surface area contributed by atoms with Crippen LogP contribution in [0.5, 0.6) is 0 Å². The minimum atomic E-state index is -0.550. The Morgan fingerprint density at radius 2 is 1.85 bits per heavy atom. The van der Waals surface area contributed by atoms with Gasteiger partial charge in [0.15, 0.2) is 0 Å². The summed E-state index contributed by atoms with van der Waals surface area (Å²) < 4.78 is 5.67. The zero-order valence-electron chi connectivity index (χ0n) is 13.4. The van der Waals surface area contributed by atoms with Crippen LogP contribution in [-0.4, -0.2) is 35.6 Å². The molecule has 0 aliphatic heterocycles. The van der Waals surface area contributed by atoms with Crippen molar-refractivity contribution in [1.29, 1.82) is 0 Å². The highest BCUT2D eigenvalue weighted by Crippen LogP contribution is 2.22. The van der Waals surface area contributed by atoms with Crippen LogP contribution in [0.15, 0.2) is 12.7 Å². The number of allylic oxidation sites excluding steroid dienone is 1. The summed E-state index contributed by atoms with van der Waals surface area (Å²) in [5, 5.41) is 19.9. The number of hydrogen-bond donors (Lipinski definition) is 2. The number of aliphatic hydroxyl groups is 2. The first kappa shape index (κ1) is 19.6. The first-order valence-corrected chi connectivity index (χ1v) is 8.22. The van der Waals surface area contributed by atoms with Crippen molar-refractivity contribution >= 4 is 0 Å². The zero-order chi connectivity index (χ0) is 15.2. The summed E-state index contributed by atoms with van der Waals surface area (Å²) >= 11 is 0. The Bertz CT molecular complexity index is 218. The van der Waals surface area contributed by atoms with Gasteiger partial charge < -0.3 is 14.9 Å². The second kappa shape index (κ2) is 13.6. The van der Waals surface area contributed by atoms with Crippen molar-refractivity contribution < 1.29 is 14.9 Å². The van der Waals surface area contributed by atoms with Gasteiger partial charge in [0.25, 0.3) is 0 Å². The van der Waals surface area contributed by atoms with E-state index in [1.165, 1.54) is 0 Å². The lowest BCUT2D eigenvalue weighted by atomic mass is 9.89. The molecule has 2 N–H and O–H groups in total. The normalized spacial score (nSPS) is 15.8. The molecule has 0 saturated heterocycles. The minimum Gasteiger partial charge on any atom is -0.394 e. The van der Waals surface area contributed by atoms with Gasteiger partial charge in [-0.25, -0.2) is 0 Å². The van der Waals surface area contributed by atoms with Gasteiger partial charge in [0, 0.05) is 6.61 Å². The van der Waals surface area contributed by atoms with Crippen molar-refractivity contribution in [3.05, 3.63) is 12.7 Å². The number of hydrogen-bond acceptors (Lipinski definition) is 3. The van der Waals surface area contributed by atoms with Crippen molar-refractivity contribution in [3.8, 4) is 0 Å². The van der Waals surface area contributed by atoms with Crippen LogP contribution in [0.4, 0.5) is 0 Å². The predicted molar refractivity (Wildman–Crippen MR) is 84.8 cm³/mol. The fourth-order valence-electron chi connectivity index (χ4n) is 2.51. The summed E-state index contributed by atoms with van der Waals surface area (Å²) in [6.45, 7) is 8.48. The standard InChI is InChI=1S/C17H34O3/c1-4-7-9-10-13-20-16(14-18)17(19)15(11-6-3)12-8-5-2/h4,15-19H,1,5-14H2,2-3H3/t15?,16-,17?/m0/s1. The van der Waals surface area contributed by atoms with Crippen LogP contribution in [0.1, 0.15) is 65.2 Å². The molecule has 0 saturated carbocycles. The molecule has 0 aromatic rings. The highest BCUT2D eigenvalue weighted by Gasteiger charge is 2.26. The predicted octanol–water partition coefficient (Wildman–Crippen LogP) is 3.69. The number of unbranched alkanes of at least 4 members (excludes halogenated alkanes) is 3. The van der Waals surface area contributed by atoms with E-state index in [4.69, 9.17) is 4.74 Å². The lowest BCUT2D eigenvalue weighted by Gasteiger charge is -2.29. The van der Waals surface area contributed by atoms with E-state index in [0.29, 0.717) is 6.61 Å². The van der Waals surface area contributed by atoms with E-state index in [1.54, 1.807) is 0 Å². The monoisotopic (exact) mass is 286 g/mol. The molecule has 120 valence electrons. The molecular weight excluding hydrogens is 252 g/mol. The van der Waals surface area contributed by atoms with Gasteiger partial charge in [0.1, 0.15) is 6.10 Å². The largest absolute Gasteiger partial charge is 0.394 e. The Labute approximate surface area is 125 Å². The van der Waals surface area contributed by atoms with Gasteiger partial charge in [-0.2, -0.15) is 0 Å². The molecule has 3 atom stereocenters. The fourth-order valence-corrected chi connectivity index (χ4v) is 2.51. The number of ether oxygens (including phenoxy) is 1. The Hall–Kier alpha value is -0.380. The van der Waals surface area contributed by atoms with Crippen molar-refractivity contribution in [2.75, 3.05) is 13.2 Å². The van der Waals surface area contributed by atoms with E-state index in [0.717, 1.165) is 51.4 Å². The molecule has 0 aromatic carbocycles. The Morgan fingerprint density at radius 1 is 1.10 bits per heavy atom. The average molecular weight is 286 g/mol. The van der Waals surface area contributed by atoms with Crippen LogP contribution in [0, 0.1) is 5.92 Å². The van der Waals surface area contributed by atoms with Crippen molar-refractivity contribution in [2.24, 2.45) is 5.92 Å². The van der Waals surface area contributed by atoms with Gasteiger partial charge in [-0.1, -0.05) is 39.2 Å². The molecule has 3 heteroatoms. The first-order chi connectivity index (χ1) is 9.71. The van der Waals surface area contributed by atoms with Crippen molar-refractivity contribution in [2.45, 2.75) is 77.4 Å². The molecule has 0 amide bonds. The summed E-state index contributed by atoms with van der Waals surface area (Å²) in [6.07, 6.45) is 9.23. The topological polar surface area (TPSA) is 49.7 Å². The lowest BCUT2D eigenvalue weighted by Crippen LogP contribution is -2.38. The molecule has 0 aliphatic carbocycles. The Kier molecular flexibility index (Phi) is 13.3. The molecule has 0 bridgehead atoms. The minimum absolute atomic E-state index is 0.102. The van der Waals surface area contributed by atoms with E-state index < -0.39 is 12.2 Å². The van der Waals surface area contributed by atoms with Crippen LogP contribution >= 0.6 is 0 Å². The number of rotatable bonds is 14. The van der Waals surface area contributed by atoms with Crippen molar-refractivity contribution in [3.63, 3.8) is 0 Å². The molecule has 0 rings (SSSR count). The Balaban J connectivity index is 4.17. The van der Waals surface area contributed by atoms with E-state index in [9.17, 15) is 10.2 Å². The van der Waals surface area contributed by atoms with Gasteiger partial charge in [-0.3, -0.25) is 0 Å². The summed E-state index contributed by atoms with van der Waals surface area (Å²) in [7, 11) is 0. The summed E-state index contributed by atoms with van der Waals surface area (Å²) in [5.41, 5.74) is 0. The zero-order valence-corrected chi connectivity index (χ0v) is 13.4. The van der Waals surface area contributed by atoms with Gasteiger partial charge in [-0.15, -0.1) is 6.58 Å². The van der Waals surface area contributed by atoms with Gasteiger partial charge in [0.05, 0.1) is 12.7 Å². The molecule has 0 aliphatic rings. The van der Waals surface area contributed by atoms with E-state index in [1.807, 2.05) is 6.08 Å². The average Bonchev–Trinajstić information content (AvgIpc) is 2.46. The SMILES string of the molecule is C=CCCCCO[C@@H](CO)C(O)C(CCC)CCCC. The molecular formula is C17H34O3. The second-order valence-electron chi connectivity index (χ2n) is 5.56. The third-order valence-electron chi connectivity index (χ3n) is 3.77. The summed E-state index contributed by atoms with van der Waals surface area (Å²) in [5.74, 6) is 0.241. The molecule has 0 fully saturated rings. The molecule has 0 spiro atoms. The quantitative estimate of drug-likeness (QED) is 0.378. The van der Waals surface area contributed by atoms with Gasteiger partial charge in [0.2, 0.25) is 0 Å². The fraction of sp³-hybridized carbons (Fsp3) is 0.882. The number of aliphatic hydroxyl groups excluding tert-OH is 2. The highest BCUT2D eigenvalue weighted by molar-refractivity contribution is 4.77. The van der Waals surface area contributed by atoms with Crippen LogP contribution in [-0.2, 0) is 4.74 Å². The molecule has 3 nitrogen and oxygen atoms in total. The third-order valence-corrected chi connectivity index (χ3v) is 3.77. The molecule has 0 aromatic heterocycles. The Morgan fingerprint density at radius 3 is 2.40 bits per heavy atom. The molecule has 20 heavy (non-hydrogen) atoms. The van der Waals surface area contributed by atoms with Crippen LogP contribution < -0.4 is 0 Å². The smallest absolute Gasteiger partial charge is 0.107 e. The second-order valence-corrected chi connectivity index (χ2v) is 5.56. The maximum Gasteiger partial charge on any atom is 0.107 e. The van der Waals surface area contributed by atoms with Crippen LogP contribution in [0.3, 0.4) is 0 Å². The van der Waals surface area contributed by atoms with E-state index >= 15 is 0 Å². The molecule has 0 radical (unpaired) electrons. The molecule has 0 heterocycles. The van der Waals surface area contributed by atoms with Crippen molar-refractivity contribution in [1.82, 2.24) is 0 Å². The maximum absolute atomic E-state index is 10.4. The summed E-state index contributed by atoms with van der Waals surface area (Å²) in [4.78, 5) is 0. The maximum atomic E-state index is 10.4. The van der Waals surface area contributed by atoms with Crippen LogP contribution in [0.25, 0.3) is 0 Å². The van der Waals surface area contributed by atoms with E-state index in [2.05, 4.69) is 20.4 Å². The summed E-state index contributed by atoms with van der Waals surface area (Å²) in [6, 6.07) is 0. The molecule has 2 unspecified atom stereocenters. The highest BCUT2D eigenvalue weighted by atomic mass is 16.5. The van der Waals surface area contributed by atoms with Gasteiger partial charge >= 0.3 is 0 Å². The van der Waals surface area contributed by atoms with Gasteiger partial charge in [-0.05, 0) is 38.0 Å². The lowest BCUT2D eigenvalue weighted by molar-refractivity contribution is -0.0875. The van der Waals surface area contributed by atoms with Crippen LogP contribution in [0.2, 0.25) is 0 Å².